The molecule has 1 aliphatic heterocycles. The Bertz CT molecular complexity index is 387. The Labute approximate surface area is 126 Å². The van der Waals surface area contributed by atoms with Crippen molar-refractivity contribution in [2.24, 2.45) is 5.92 Å². The van der Waals surface area contributed by atoms with E-state index in [4.69, 9.17) is 9.47 Å². The van der Waals surface area contributed by atoms with E-state index in [9.17, 15) is 14.4 Å². The molecule has 0 saturated carbocycles. The number of hydrogen-bond donors (Lipinski definition) is 0. The quantitative estimate of drug-likeness (QED) is 0.723. The molecule has 1 aliphatic rings. The second-order valence-corrected chi connectivity index (χ2v) is 5.99. The van der Waals surface area contributed by atoms with Gasteiger partial charge in [0.1, 0.15) is 19.0 Å². The highest BCUT2D eigenvalue weighted by molar-refractivity contribution is 8.18. The summed E-state index contributed by atoms with van der Waals surface area (Å²) < 4.78 is 9.96. The Morgan fingerprint density at radius 1 is 1.15 bits per heavy atom. The molecule has 5 nitrogen and oxygen atoms in total. The molecule has 0 saturated heterocycles. The van der Waals surface area contributed by atoms with Crippen LogP contribution in [-0.2, 0) is 23.9 Å². The Morgan fingerprint density at radius 3 is 2.10 bits per heavy atom. The van der Waals surface area contributed by atoms with E-state index in [0.29, 0.717) is 11.5 Å². The van der Waals surface area contributed by atoms with Crippen LogP contribution in [0.2, 0.25) is 0 Å². The third-order valence-electron chi connectivity index (χ3n) is 2.39. The minimum Gasteiger partial charge on any atom is -0.462 e. The first-order valence-electron chi connectivity index (χ1n) is 6.06. The molecule has 0 aromatic carbocycles. The van der Waals surface area contributed by atoms with E-state index in [-0.39, 0.29) is 19.0 Å². The molecule has 0 N–H and O–H groups in total. The normalized spacial score (nSPS) is 22.2. The Morgan fingerprint density at radius 2 is 1.65 bits per heavy atom. The van der Waals surface area contributed by atoms with Crippen molar-refractivity contribution in [1.29, 1.82) is 0 Å². The summed E-state index contributed by atoms with van der Waals surface area (Å²) in [6.45, 7) is 1.56. The molecule has 0 atom stereocenters. The van der Waals surface area contributed by atoms with Gasteiger partial charge in [-0.25, -0.2) is 9.59 Å². The van der Waals surface area contributed by atoms with Crippen LogP contribution in [0.15, 0.2) is 23.0 Å². The predicted molar refractivity (Wildman–Crippen MR) is 79.0 cm³/mol. The van der Waals surface area contributed by atoms with Crippen molar-refractivity contribution in [3.63, 3.8) is 0 Å². The molecular formula is C13H16O5S2. The van der Waals surface area contributed by atoms with Crippen LogP contribution < -0.4 is 0 Å². The first-order chi connectivity index (χ1) is 9.63. The van der Waals surface area contributed by atoms with E-state index < -0.39 is 17.9 Å². The van der Waals surface area contributed by atoms with Gasteiger partial charge in [0.05, 0.1) is 5.92 Å². The predicted octanol–water partition coefficient (Wildman–Crippen LogP) is 2.13. The standard InChI is InChI=1S/C13H16O5S2/c1-2-11(14)10-7-17-12(15)3-5-19-9-20-6-4-13(16)18-8-10/h3-6,10H,2,7-9H2,1H3/b5-3+,6-4+. The summed E-state index contributed by atoms with van der Waals surface area (Å²) >= 11 is 2.82. The molecule has 0 bridgehead atoms. The SMILES string of the molecule is CCC(=O)C1COC(=O)/C=C/SCS/C=C/C(=O)OC1. The number of carbonyl (C=O) groups is 3. The molecular weight excluding hydrogens is 300 g/mol. The Kier molecular flexibility index (Phi) is 8.13. The molecule has 0 spiro atoms. The zero-order valence-electron chi connectivity index (χ0n) is 11.1. The highest BCUT2D eigenvalue weighted by Gasteiger charge is 2.20. The largest absolute Gasteiger partial charge is 0.462 e. The first-order valence-corrected chi connectivity index (χ1v) is 8.15. The maximum Gasteiger partial charge on any atom is 0.331 e. The van der Waals surface area contributed by atoms with E-state index in [1.54, 1.807) is 17.7 Å². The van der Waals surface area contributed by atoms with Gasteiger partial charge in [0.25, 0.3) is 0 Å². The van der Waals surface area contributed by atoms with Crippen LogP contribution in [0.1, 0.15) is 13.3 Å². The lowest BCUT2D eigenvalue weighted by molar-refractivity contribution is -0.145. The summed E-state index contributed by atoms with van der Waals surface area (Å²) in [7, 11) is 0. The summed E-state index contributed by atoms with van der Waals surface area (Å²) in [5.74, 6) is -1.72. The summed E-state index contributed by atoms with van der Waals surface area (Å²) in [4.78, 5) is 34.5. The van der Waals surface area contributed by atoms with Crippen molar-refractivity contribution in [3.05, 3.63) is 23.0 Å². The van der Waals surface area contributed by atoms with Crippen LogP contribution in [0.4, 0.5) is 0 Å². The van der Waals surface area contributed by atoms with E-state index in [0.717, 1.165) is 0 Å². The van der Waals surface area contributed by atoms with Gasteiger partial charge in [0.2, 0.25) is 0 Å². The van der Waals surface area contributed by atoms with E-state index in [1.807, 2.05) is 0 Å². The van der Waals surface area contributed by atoms with Crippen LogP contribution in [0.3, 0.4) is 0 Å². The maximum atomic E-state index is 11.7. The van der Waals surface area contributed by atoms with Crippen molar-refractivity contribution in [3.8, 4) is 0 Å². The van der Waals surface area contributed by atoms with Gasteiger partial charge in [-0.05, 0) is 10.8 Å². The van der Waals surface area contributed by atoms with Gasteiger partial charge in [-0.1, -0.05) is 6.92 Å². The highest BCUT2D eigenvalue weighted by atomic mass is 32.2. The molecule has 20 heavy (non-hydrogen) atoms. The van der Waals surface area contributed by atoms with Gasteiger partial charge in [0.15, 0.2) is 0 Å². The molecule has 1 heterocycles. The number of thioether (sulfide) groups is 2. The van der Waals surface area contributed by atoms with Crippen molar-refractivity contribution >= 4 is 41.2 Å². The summed E-state index contributed by atoms with van der Waals surface area (Å²) in [6, 6.07) is 0. The monoisotopic (exact) mass is 316 g/mol. The van der Waals surface area contributed by atoms with E-state index in [1.165, 1.54) is 35.7 Å². The molecule has 7 heteroatoms. The number of cyclic esters (lactones) is 2. The molecule has 0 unspecified atom stereocenters. The van der Waals surface area contributed by atoms with Crippen molar-refractivity contribution < 1.29 is 23.9 Å². The zero-order valence-corrected chi connectivity index (χ0v) is 12.7. The first kappa shape index (κ1) is 16.8. The Hall–Kier alpha value is -1.21. The molecule has 0 amide bonds. The van der Waals surface area contributed by atoms with Gasteiger partial charge in [-0.2, -0.15) is 0 Å². The van der Waals surface area contributed by atoms with E-state index in [2.05, 4.69) is 0 Å². The molecule has 0 fully saturated rings. The molecule has 0 aliphatic carbocycles. The minimum atomic E-state index is -0.613. The van der Waals surface area contributed by atoms with E-state index >= 15 is 0 Å². The summed E-state index contributed by atoms with van der Waals surface area (Å²) in [5, 5.41) is 3.93. The third-order valence-corrected chi connectivity index (χ3v) is 4.14. The van der Waals surface area contributed by atoms with Crippen LogP contribution in [-0.4, -0.2) is 36.0 Å². The van der Waals surface area contributed by atoms with Gasteiger partial charge in [-0.15, -0.1) is 23.5 Å². The third kappa shape index (κ3) is 6.81. The number of carbonyl (C=O) groups excluding carboxylic acids is 3. The maximum absolute atomic E-state index is 11.7. The minimum absolute atomic E-state index is 0.0771. The highest BCUT2D eigenvalue weighted by Crippen LogP contribution is 2.15. The van der Waals surface area contributed by atoms with Gasteiger partial charge < -0.3 is 9.47 Å². The molecule has 0 aromatic rings. The molecule has 1 rings (SSSR count). The van der Waals surface area contributed by atoms with Crippen LogP contribution in [0, 0.1) is 5.92 Å². The number of Topliss-reactive ketones (excluding diaryl/α,β-unsaturated/α-hetero) is 1. The topological polar surface area (TPSA) is 69.7 Å². The summed E-state index contributed by atoms with van der Waals surface area (Å²) in [5.41, 5.74) is 0. The number of esters is 2. The van der Waals surface area contributed by atoms with Gasteiger partial charge in [0, 0.05) is 23.7 Å². The summed E-state index contributed by atoms with van der Waals surface area (Å²) in [6.07, 6.45) is 2.94. The second kappa shape index (κ2) is 9.66. The number of ether oxygens (including phenoxy) is 2. The fourth-order valence-electron chi connectivity index (χ4n) is 1.31. The Balaban J connectivity index is 2.69. The van der Waals surface area contributed by atoms with Crippen molar-refractivity contribution in [2.75, 3.05) is 18.3 Å². The number of rotatable bonds is 2. The lowest BCUT2D eigenvalue weighted by Gasteiger charge is -2.14. The van der Waals surface area contributed by atoms with Gasteiger partial charge in [-0.3, -0.25) is 4.79 Å². The molecule has 0 aromatic heterocycles. The van der Waals surface area contributed by atoms with Crippen LogP contribution in [0.25, 0.3) is 0 Å². The van der Waals surface area contributed by atoms with Crippen molar-refractivity contribution in [2.45, 2.75) is 13.3 Å². The van der Waals surface area contributed by atoms with Crippen molar-refractivity contribution in [1.82, 2.24) is 0 Å². The van der Waals surface area contributed by atoms with Crippen LogP contribution >= 0.6 is 23.5 Å². The number of hydrogen-bond acceptors (Lipinski definition) is 7. The smallest absolute Gasteiger partial charge is 0.331 e. The second-order valence-electron chi connectivity index (χ2n) is 3.83. The number of ketones is 1. The average molecular weight is 316 g/mol. The average Bonchev–Trinajstić information content (AvgIpc) is 2.44. The fourth-order valence-corrected chi connectivity index (χ4v) is 2.67. The molecule has 0 radical (unpaired) electrons. The lowest BCUT2D eigenvalue weighted by atomic mass is 10.0. The lowest BCUT2D eigenvalue weighted by Crippen LogP contribution is -2.27. The molecule has 110 valence electrons. The zero-order chi connectivity index (χ0) is 14.8. The van der Waals surface area contributed by atoms with Crippen LogP contribution in [0.5, 0.6) is 0 Å². The van der Waals surface area contributed by atoms with Gasteiger partial charge >= 0.3 is 11.9 Å². The fraction of sp³-hybridized carbons (Fsp3) is 0.462.